The van der Waals surface area contributed by atoms with Crippen LogP contribution < -0.4 is 0 Å². The molecule has 6 heteroatoms. The molecule has 0 unspecified atom stereocenters. The minimum Gasteiger partial charge on any atom is -0.410 e. The summed E-state index contributed by atoms with van der Waals surface area (Å²) in [5, 5.41) is 8.51. The maximum absolute atomic E-state index is 11.4. The maximum atomic E-state index is 11.4. The highest BCUT2D eigenvalue weighted by Crippen LogP contribution is 2.22. The molecular weight excluding hydrogens is 155 g/mol. The van der Waals surface area contributed by atoms with E-state index in [2.05, 4.69) is 0 Å². The number of oxime groups is 1. The van der Waals surface area contributed by atoms with Gasteiger partial charge in [0.15, 0.2) is 0 Å². The second-order valence-corrected chi connectivity index (χ2v) is 1.90. The Morgan fingerprint density at radius 3 is 2.00 bits per heavy atom. The first-order valence-corrected chi connectivity index (χ1v) is 3.08. The maximum Gasteiger partial charge on any atom is 0.442 e. The summed E-state index contributed by atoms with van der Waals surface area (Å²) in [4.78, 5) is 0. The van der Waals surface area contributed by atoms with Crippen molar-refractivity contribution in [1.82, 2.24) is 0 Å². The number of hydrogen-bond acceptors (Lipinski definition) is 3. The Hall–Kier alpha value is -0.390. The van der Waals surface area contributed by atoms with Crippen molar-refractivity contribution in [2.75, 3.05) is 6.26 Å². The Balaban J connectivity index is 4.14. The molecule has 0 aromatic rings. The van der Waals surface area contributed by atoms with Gasteiger partial charge >= 0.3 is 6.18 Å². The van der Waals surface area contributed by atoms with Crippen molar-refractivity contribution >= 4 is 16.8 Å². The summed E-state index contributed by atoms with van der Waals surface area (Å²) in [5.74, 6) is 0. The smallest absolute Gasteiger partial charge is 0.410 e. The van der Waals surface area contributed by atoms with Gasteiger partial charge in [-0.05, 0) is 6.26 Å². The topological polar surface area (TPSA) is 32.6 Å². The van der Waals surface area contributed by atoms with E-state index in [0.29, 0.717) is 11.8 Å². The summed E-state index contributed by atoms with van der Waals surface area (Å²) in [6, 6.07) is 0. The summed E-state index contributed by atoms with van der Waals surface area (Å²) in [7, 11) is 0. The van der Waals surface area contributed by atoms with Gasteiger partial charge in [0, 0.05) is 0 Å². The third-order valence-corrected chi connectivity index (χ3v) is 1.23. The quantitative estimate of drug-likeness (QED) is 0.252. The highest BCUT2D eigenvalue weighted by atomic mass is 32.2. The van der Waals surface area contributed by atoms with Crippen molar-refractivity contribution in [2.45, 2.75) is 6.18 Å². The van der Waals surface area contributed by atoms with Crippen LogP contribution in [-0.4, -0.2) is 22.7 Å². The van der Waals surface area contributed by atoms with Crippen molar-refractivity contribution in [3.8, 4) is 0 Å². The summed E-state index contributed by atoms with van der Waals surface area (Å²) < 4.78 is 34.2. The Bertz CT molecular complexity index is 121. The SMILES string of the molecule is CS/C(=N/O)C(F)(F)F. The fraction of sp³-hybridized carbons (Fsp3) is 0.667. The van der Waals surface area contributed by atoms with E-state index in [1.54, 1.807) is 0 Å². The molecule has 0 aliphatic rings. The molecule has 2 nitrogen and oxygen atoms in total. The number of rotatable bonds is 0. The minimum atomic E-state index is -4.52. The van der Waals surface area contributed by atoms with E-state index in [9.17, 15) is 13.2 Å². The summed E-state index contributed by atoms with van der Waals surface area (Å²) in [6.07, 6.45) is -3.34. The molecule has 1 N–H and O–H groups in total. The van der Waals surface area contributed by atoms with Crippen LogP contribution in [-0.2, 0) is 0 Å². The zero-order valence-corrected chi connectivity index (χ0v) is 5.25. The predicted molar refractivity (Wildman–Crippen MR) is 28.8 cm³/mol. The van der Waals surface area contributed by atoms with Gasteiger partial charge < -0.3 is 5.21 Å². The van der Waals surface area contributed by atoms with Gasteiger partial charge in [-0.15, -0.1) is 11.8 Å². The molecule has 0 amide bonds. The number of hydrogen-bond donors (Lipinski definition) is 1. The van der Waals surface area contributed by atoms with Crippen LogP contribution in [0.3, 0.4) is 0 Å². The monoisotopic (exact) mass is 159 g/mol. The highest BCUT2D eigenvalue weighted by Gasteiger charge is 2.35. The molecule has 0 heterocycles. The molecule has 0 atom stereocenters. The van der Waals surface area contributed by atoms with Crippen molar-refractivity contribution in [3.05, 3.63) is 0 Å². The molecule has 0 radical (unpaired) electrons. The van der Waals surface area contributed by atoms with Crippen LogP contribution in [0.4, 0.5) is 13.2 Å². The largest absolute Gasteiger partial charge is 0.442 e. The van der Waals surface area contributed by atoms with Crippen LogP contribution in [0.2, 0.25) is 0 Å². The van der Waals surface area contributed by atoms with Gasteiger partial charge in [-0.1, -0.05) is 5.16 Å². The molecule has 0 spiro atoms. The van der Waals surface area contributed by atoms with E-state index in [1.807, 2.05) is 5.16 Å². The van der Waals surface area contributed by atoms with Gasteiger partial charge in [-0.3, -0.25) is 0 Å². The Kier molecular flexibility index (Phi) is 2.83. The van der Waals surface area contributed by atoms with Gasteiger partial charge in [0.2, 0.25) is 5.04 Å². The molecule has 0 aliphatic heterocycles. The lowest BCUT2D eigenvalue weighted by Gasteiger charge is -2.02. The van der Waals surface area contributed by atoms with Gasteiger partial charge in [0.25, 0.3) is 0 Å². The average Bonchev–Trinajstić information content (AvgIpc) is 1.65. The Morgan fingerprint density at radius 2 is 2.00 bits per heavy atom. The molecule has 0 aliphatic carbocycles. The van der Waals surface area contributed by atoms with Crippen LogP contribution in [0.5, 0.6) is 0 Å². The predicted octanol–water partition coefficient (Wildman–Crippen LogP) is 1.70. The summed E-state index contributed by atoms with van der Waals surface area (Å²) >= 11 is 0.352. The van der Waals surface area contributed by atoms with Crippen molar-refractivity contribution in [1.29, 1.82) is 0 Å². The third kappa shape index (κ3) is 2.59. The van der Waals surface area contributed by atoms with Crippen LogP contribution >= 0.6 is 11.8 Å². The Morgan fingerprint density at radius 1 is 1.56 bits per heavy atom. The lowest BCUT2D eigenvalue weighted by molar-refractivity contribution is -0.0573. The lowest BCUT2D eigenvalue weighted by atomic mass is 10.7. The van der Waals surface area contributed by atoms with Crippen LogP contribution in [0.25, 0.3) is 0 Å². The molecule has 0 fully saturated rings. The van der Waals surface area contributed by atoms with Crippen LogP contribution in [0.15, 0.2) is 5.16 Å². The Labute approximate surface area is 53.7 Å². The van der Waals surface area contributed by atoms with Crippen LogP contribution in [0.1, 0.15) is 0 Å². The number of alkyl halides is 3. The summed E-state index contributed by atoms with van der Waals surface area (Å²) in [6.45, 7) is 0. The molecule has 0 rings (SSSR count). The lowest BCUT2D eigenvalue weighted by Crippen LogP contribution is -2.18. The molecule has 54 valence electrons. The van der Waals surface area contributed by atoms with E-state index < -0.39 is 11.2 Å². The zero-order chi connectivity index (χ0) is 7.49. The molecule has 0 bridgehead atoms. The molecule has 0 saturated heterocycles. The number of thioether (sulfide) groups is 1. The normalized spacial score (nSPS) is 14.0. The first-order valence-electron chi connectivity index (χ1n) is 1.85. The molecule has 0 saturated carbocycles. The average molecular weight is 159 g/mol. The second kappa shape index (κ2) is 2.95. The third-order valence-electron chi connectivity index (χ3n) is 0.527. The molecular formula is C3H4F3NOS. The fourth-order valence-corrected chi connectivity index (χ4v) is 0.526. The van der Waals surface area contributed by atoms with Gasteiger partial charge in [0.05, 0.1) is 0 Å². The first kappa shape index (κ1) is 8.61. The van der Waals surface area contributed by atoms with E-state index in [4.69, 9.17) is 5.21 Å². The van der Waals surface area contributed by atoms with Crippen molar-refractivity contribution in [2.24, 2.45) is 5.16 Å². The van der Waals surface area contributed by atoms with Gasteiger partial charge in [0.1, 0.15) is 0 Å². The number of halogens is 3. The van der Waals surface area contributed by atoms with Crippen molar-refractivity contribution < 1.29 is 18.4 Å². The first-order chi connectivity index (χ1) is 4.02. The fourth-order valence-electron chi connectivity index (χ4n) is 0.213. The van der Waals surface area contributed by atoms with E-state index >= 15 is 0 Å². The minimum absolute atomic E-state index is 0.352. The van der Waals surface area contributed by atoms with Gasteiger partial charge in [-0.2, -0.15) is 13.2 Å². The van der Waals surface area contributed by atoms with Crippen molar-refractivity contribution in [3.63, 3.8) is 0 Å². The van der Waals surface area contributed by atoms with Crippen LogP contribution in [0, 0.1) is 0 Å². The van der Waals surface area contributed by atoms with E-state index in [0.717, 1.165) is 0 Å². The molecule has 9 heavy (non-hydrogen) atoms. The van der Waals surface area contributed by atoms with Gasteiger partial charge in [-0.25, -0.2) is 0 Å². The molecule has 0 aromatic heterocycles. The molecule has 0 aromatic carbocycles. The standard InChI is InChI=1S/C3H4F3NOS/c1-9-2(7-8)3(4,5)6/h8H,1H3/b7-2+. The highest BCUT2D eigenvalue weighted by molar-refractivity contribution is 8.13. The van der Waals surface area contributed by atoms with E-state index in [-0.39, 0.29) is 0 Å². The number of nitrogens with zero attached hydrogens (tertiary/aromatic N) is 1. The second-order valence-electron chi connectivity index (χ2n) is 1.11. The zero-order valence-electron chi connectivity index (χ0n) is 4.44. The summed E-state index contributed by atoms with van der Waals surface area (Å²) in [5.41, 5.74) is 0. The van der Waals surface area contributed by atoms with E-state index in [1.165, 1.54) is 6.26 Å².